The van der Waals surface area contributed by atoms with Crippen LogP contribution < -0.4 is 5.56 Å². The number of fused-ring (bicyclic) bond motifs is 2. The van der Waals surface area contributed by atoms with Crippen LogP contribution in [0, 0.1) is 5.82 Å². The molecule has 0 bridgehead atoms. The summed E-state index contributed by atoms with van der Waals surface area (Å²) in [6, 6.07) is 1.49. The Labute approximate surface area is 191 Å². The van der Waals surface area contributed by atoms with E-state index in [9.17, 15) is 22.4 Å². The molecule has 3 aromatic heterocycles. The van der Waals surface area contributed by atoms with Gasteiger partial charge in [0.25, 0.3) is 5.56 Å². The van der Waals surface area contributed by atoms with Gasteiger partial charge in [-0.3, -0.25) is 14.3 Å². The number of unbranched alkanes of at least 4 members (excludes halogenated alkanes) is 2. The van der Waals surface area contributed by atoms with Crippen LogP contribution in [-0.2, 0) is 17.8 Å². The highest BCUT2D eigenvalue weighted by atomic mass is 79.9. The second-order valence-electron chi connectivity index (χ2n) is 6.95. The molecule has 0 amide bonds. The monoisotopic (exact) mass is 532 g/mol. The molecule has 1 aliphatic rings. The van der Waals surface area contributed by atoms with Crippen molar-refractivity contribution in [3.05, 3.63) is 40.2 Å². The number of hydrogen-bond donors (Lipinski definition) is 1. The number of hydrogen-bond acceptors (Lipinski definition) is 6. The van der Waals surface area contributed by atoms with E-state index in [1.807, 2.05) is 4.57 Å². The Bertz CT molecular complexity index is 1280. The highest BCUT2D eigenvalue weighted by Crippen LogP contribution is 2.29. The average Bonchev–Trinajstić information content (AvgIpc) is 3.35. The van der Waals surface area contributed by atoms with Crippen molar-refractivity contribution in [2.75, 3.05) is 0 Å². The Balaban J connectivity index is 0.000000383. The summed E-state index contributed by atoms with van der Waals surface area (Å²) >= 11 is 3.39. The van der Waals surface area contributed by atoms with Gasteiger partial charge < -0.3 is 5.11 Å². The largest absolute Gasteiger partial charge is 0.490 e. The lowest BCUT2D eigenvalue weighted by atomic mass is 10.2. The van der Waals surface area contributed by atoms with Crippen molar-refractivity contribution >= 4 is 38.1 Å². The van der Waals surface area contributed by atoms with E-state index in [0.29, 0.717) is 34.7 Å². The summed E-state index contributed by atoms with van der Waals surface area (Å²) in [5.41, 5.74) is 0.496. The van der Waals surface area contributed by atoms with Gasteiger partial charge in [0.15, 0.2) is 11.6 Å². The molecular weight excluding hydrogens is 516 g/mol. The number of pyridine rings is 1. The summed E-state index contributed by atoms with van der Waals surface area (Å²) < 4.78 is 49.9. The van der Waals surface area contributed by atoms with E-state index in [-0.39, 0.29) is 16.9 Å². The second-order valence-corrected chi connectivity index (χ2v) is 7.86. The number of aliphatic imine (C=N–C) groups is 1. The van der Waals surface area contributed by atoms with Gasteiger partial charge in [-0.1, -0.05) is 19.8 Å². The van der Waals surface area contributed by atoms with E-state index in [2.05, 4.69) is 43.0 Å². The first-order chi connectivity index (χ1) is 15.6. The van der Waals surface area contributed by atoms with Crippen LogP contribution in [0.15, 0.2) is 28.2 Å². The molecule has 0 saturated heterocycles. The average molecular weight is 533 g/mol. The second kappa shape index (κ2) is 9.77. The maximum absolute atomic E-state index is 14.2. The van der Waals surface area contributed by atoms with E-state index in [1.165, 1.54) is 16.7 Å². The van der Waals surface area contributed by atoms with Crippen molar-refractivity contribution in [3.8, 4) is 11.4 Å². The first-order valence-corrected chi connectivity index (χ1v) is 10.5. The molecule has 0 atom stereocenters. The van der Waals surface area contributed by atoms with Gasteiger partial charge in [0, 0.05) is 19.2 Å². The lowest BCUT2D eigenvalue weighted by Crippen LogP contribution is -2.23. The molecule has 3 aromatic rings. The molecule has 9 nitrogen and oxygen atoms in total. The number of carboxylic acids is 1. The third-order valence-corrected chi connectivity index (χ3v) is 5.12. The molecule has 4 heterocycles. The molecule has 0 saturated carbocycles. The zero-order chi connectivity index (χ0) is 24.3. The van der Waals surface area contributed by atoms with E-state index in [4.69, 9.17) is 9.90 Å². The number of alkyl halides is 3. The topological polar surface area (TPSA) is 115 Å². The summed E-state index contributed by atoms with van der Waals surface area (Å²) in [4.78, 5) is 30.2. The minimum atomic E-state index is -5.08. The lowest BCUT2D eigenvalue weighted by Gasteiger charge is -2.12. The predicted molar refractivity (Wildman–Crippen MR) is 113 cm³/mol. The SMILES string of the molecule is CCCCCn1c2c(c(=O)n3c(-c4ccncc4F)nnc13)CC(Br)=N2.O=C(O)C(F)(F)F. The third kappa shape index (κ3) is 5.10. The number of aliphatic carboxylic acids is 1. The molecular formula is C19H17BrF4N6O3. The van der Waals surface area contributed by atoms with Crippen molar-refractivity contribution in [1.82, 2.24) is 24.1 Å². The molecule has 4 rings (SSSR count). The van der Waals surface area contributed by atoms with E-state index in [0.717, 1.165) is 25.5 Å². The van der Waals surface area contributed by atoms with Crippen molar-refractivity contribution in [2.24, 2.45) is 4.99 Å². The van der Waals surface area contributed by atoms with Crippen LogP contribution >= 0.6 is 15.9 Å². The van der Waals surface area contributed by atoms with Crippen LogP contribution in [0.5, 0.6) is 0 Å². The quantitative estimate of drug-likeness (QED) is 0.393. The molecule has 0 unspecified atom stereocenters. The summed E-state index contributed by atoms with van der Waals surface area (Å²) in [5.74, 6) is -2.13. The Morgan fingerprint density at radius 1 is 1.27 bits per heavy atom. The van der Waals surface area contributed by atoms with E-state index >= 15 is 0 Å². The smallest absolute Gasteiger partial charge is 0.475 e. The summed E-state index contributed by atoms with van der Waals surface area (Å²) in [5, 5.41) is 15.4. The molecule has 0 aromatic carbocycles. The standard InChI is InChI=1S/C17H16BrFN6O.C2HF3O2/c1-2-3-4-7-24-14-11(8-13(18)21-14)16(26)25-15(22-23-17(24)25)10-5-6-20-9-12(10)19;3-2(4,5)1(6)7/h5-6,9H,2-4,7-8H2,1H3;(H,6,7). The summed E-state index contributed by atoms with van der Waals surface area (Å²) in [7, 11) is 0. The molecule has 1 aliphatic heterocycles. The zero-order valence-corrected chi connectivity index (χ0v) is 18.7. The van der Waals surface area contributed by atoms with Gasteiger partial charge >= 0.3 is 12.1 Å². The van der Waals surface area contributed by atoms with E-state index in [1.54, 1.807) is 0 Å². The Morgan fingerprint density at radius 3 is 2.58 bits per heavy atom. The Kier molecular flexibility index (Phi) is 7.25. The molecule has 0 radical (unpaired) electrons. The normalized spacial score (nSPS) is 12.8. The minimum Gasteiger partial charge on any atom is -0.475 e. The third-order valence-electron chi connectivity index (χ3n) is 4.67. The Morgan fingerprint density at radius 2 is 1.97 bits per heavy atom. The van der Waals surface area contributed by atoms with Gasteiger partial charge in [-0.15, -0.1) is 10.2 Å². The number of aryl methyl sites for hydroxylation is 1. The van der Waals surface area contributed by atoms with Crippen molar-refractivity contribution in [1.29, 1.82) is 0 Å². The van der Waals surface area contributed by atoms with Gasteiger partial charge in [0.1, 0.15) is 5.82 Å². The Hall–Kier alpha value is -3.16. The molecule has 14 heteroatoms. The fourth-order valence-corrected chi connectivity index (χ4v) is 3.61. The number of rotatable bonds is 5. The van der Waals surface area contributed by atoms with Gasteiger partial charge in [-0.2, -0.15) is 13.2 Å². The molecule has 0 spiro atoms. The molecule has 1 N–H and O–H groups in total. The predicted octanol–water partition coefficient (Wildman–Crippen LogP) is 3.90. The number of nitrogens with zero attached hydrogens (tertiary/aromatic N) is 6. The van der Waals surface area contributed by atoms with Gasteiger partial charge in [0.05, 0.1) is 21.9 Å². The van der Waals surface area contributed by atoms with Crippen molar-refractivity contribution in [2.45, 2.75) is 45.3 Å². The van der Waals surface area contributed by atoms with Crippen molar-refractivity contribution in [3.63, 3.8) is 0 Å². The fraction of sp³-hybridized carbons (Fsp3) is 0.368. The molecule has 0 aliphatic carbocycles. The summed E-state index contributed by atoms with van der Waals surface area (Å²) in [6.07, 6.45) is 0.952. The van der Waals surface area contributed by atoms with Crippen LogP contribution in [0.2, 0.25) is 0 Å². The first-order valence-electron chi connectivity index (χ1n) is 9.70. The van der Waals surface area contributed by atoms with Crippen LogP contribution in [0.1, 0.15) is 31.7 Å². The van der Waals surface area contributed by atoms with Crippen LogP contribution in [0.25, 0.3) is 17.2 Å². The molecule has 0 fully saturated rings. The van der Waals surface area contributed by atoms with Gasteiger partial charge in [0.2, 0.25) is 5.78 Å². The number of halogens is 5. The van der Waals surface area contributed by atoms with E-state index < -0.39 is 18.0 Å². The van der Waals surface area contributed by atoms with Gasteiger partial charge in [-0.05, 0) is 28.4 Å². The minimum absolute atomic E-state index is 0.181. The fourth-order valence-electron chi connectivity index (χ4n) is 3.17. The molecule has 176 valence electrons. The highest BCUT2D eigenvalue weighted by Gasteiger charge is 2.38. The number of carbonyl (C=O) groups is 1. The summed E-state index contributed by atoms with van der Waals surface area (Å²) in [6.45, 7) is 2.79. The van der Waals surface area contributed by atoms with Crippen LogP contribution in [0.3, 0.4) is 0 Å². The molecule has 33 heavy (non-hydrogen) atoms. The number of carboxylic acid groups (broad SMARTS) is 1. The van der Waals surface area contributed by atoms with Crippen LogP contribution in [0.4, 0.5) is 23.4 Å². The first kappa shape index (κ1) is 24.5. The lowest BCUT2D eigenvalue weighted by molar-refractivity contribution is -0.192. The van der Waals surface area contributed by atoms with Gasteiger partial charge in [-0.25, -0.2) is 18.6 Å². The zero-order valence-electron chi connectivity index (χ0n) is 17.1. The van der Waals surface area contributed by atoms with Crippen LogP contribution in [-0.4, -0.2) is 46.0 Å². The maximum atomic E-state index is 14.2. The van der Waals surface area contributed by atoms with Crippen molar-refractivity contribution < 1.29 is 27.5 Å². The maximum Gasteiger partial charge on any atom is 0.490 e. The number of aromatic nitrogens is 5. The highest BCUT2D eigenvalue weighted by molar-refractivity contribution is 9.18.